The van der Waals surface area contributed by atoms with Crippen LogP contribution in [0.2, 0.25) is 0 Å². The SMILES string of the molecule is C#CCOc1ccccc1CNCc1ncc[nH]1. The normalized spacial score (nSPS) is 9.94. The average molecular weight is 241 g/mol. The van der Waals surface area contributed by atoms with Crippen LogP contribution in [-0.4, -0.2) is 16.6 Å². The van der Waals surface area contributed by atoms with E-state index in [0.717, 1.165) is 17.1 Å². The number of H-pyrrole nitrogens is 1. The second-order valence-corrected chi connectivity index (χ2v) is 3.74. The van der Waals surface area contributed by atoms with Gasteiger partial charge < -0.3 is 15.0 Å². The summed E-state index contributed by atoms with van der Waals surface area (Å²) in [5.41, 5.74) is 1.08. The monoisotopic (exact) mass is 241 g/mol. The summed E-state index contributed by atoms with van der Waals surface area (Å²) in [4.78, 5) is 7.18. The number of para-hydroxylation sites is 1. The first-order valence-corrected chi connectivity index (χ1v) is 5.73. The Labute approximate surface area is 106 Å². The van der Waals surface area contributed by atoms with Gasteiger partial charge in [-0.05, 0) is 6.07 Å². The second-order valence-electron chi connectivity index (χ2n) is 3.74. The smallest absolute Gasteiger partial charge is 0.148 e. The molecule has 0 unspecified atom stereocenters. The van der Waals surface area contributed by atoms with E-state index in [2.05, 4.69) is 21.2 Å². The summed E-state index contributed by atoms with van der Waals surface area (Å²) in [6.45, 7) is 1.69. The summed E-state index contributed by atoms with van der Waals surface area (Å²) in [7, 11) is 0. The maximum atomic E-state index is 5.47. The summed E-state index contributed by atoms with van der Waals surface area (Å²) in [6, 6.07) is 7.84. The summed E-state index contributed by atoms with van der Waals surface area (Å²) in [5.74, 6) is 4.20. The molecule has 0 bridgehead atoms. The average Bonchev–Trinajstić information content (AvgIpc) is 2.91. The number of rotatable bonds is 6. The molecule has 2 aromatic rings. The molecule has 0 aliphatic heterocycles. The van der Waals surface area contributed by atoms with Crippen LogP contribution < -0.4 is 10.1 Å². The summed E-state index contributed by atoms with van der Waals surface area (Å²) < 4.78 is 5.47. The maximum Gasteiger partial charge on any atom is 0.148 e. The van der Waals surface area contributed by atoms with Crippen LogP contribution >= 0.6 is 0 Å². The highest BCUT2D eigenvalue weighted by molar-refractivity contribution is 5.33. The molecule has 0 spiro atoms. The molecule has 18 heavy (non-hydrogen) atoms. The molecule has 1 heterocycles. The van der Waals surface area contributed by atoms with Crippen molar-refractivity contribution in [2.24, 2.45) is 0 Å². The first kappa shape index (κ1) is 12.2. The van der Waals surface area contributed by atoms with E-state index in [-0.39, 0.29) is 6.61 Å². The molecule has 0 radical (unpaired) electrons. The molecule has 0 aliphatic rings. The molecule has 1 aromatic heterocycles. The Morgan fingerprint density at radius 2 is 2.22 bits per heavy atom. The quantitative estimate of drug-likeness (QED) is 0.757. The van der Waals surface area contributed by atoms with Crippen LogP contribution in [0.15, 0.2) is 36.7 Å². The van der Waals surface area contributed by atoms with Crippen molar-refractivity contribution in [1.82, 2.24) is 15.3 Å². The third-order valence-corrected chi connectivity index (χ3v) is 2.45. The lowest BCUT2D eigenvalue weighted by Crippen LogP contribution is -2.14. The molecule has 0 saturated carbocycles. The van der Waals surface area contributed by atoms with Crippen LogP contribution in [-0.2, 0) is 13.1 Å². The van der Waals surface area contributed by atoms with Crippen LogP contribution in [0, 0.1) is 12.3 Å². The number of benzene rings is 1. The summed E-state index contributed by atoms with van der Waals surface area (Å²) >= 11 is 0. The number of hydrogen-bond donors (Lipinski definition) is 2. The molecule has 0 amide bonds. The van der Waals surface area contributed by atoms with Crippen LogP contribution in [0.5, 0.6) is 5.75 Å². The number of imidazole rings is 1. The molecule has 0 atom stereocenters. The van der Waals surface area contributed by atoms with Gasteiger partial charge in [-0.3, -0.25) is 0 Å². The van der Waals surface area contributed by atoms with Crippen molar-refractivity contribution in [2.45, 2.75) is 13.1 Å². The highest BCUT2D eigenvalue weighted by Crippen LogP contribution is 2.17. The van der Waals surface area contributed by atoms with Crippen molar-refractivity contribution in [2.75, 3.05) is 6.61 Å². The molecule has 0 aliphatic carbocycles. The van der Waals surface area contributed by atoms with Gasteiger partial charge in [0, 0.05) is 24.5 Å². The molecule has 0 fully saturated rings. The Hall–Kier alpha value is -2.25. The van der Waals surface area contributed by atoms with Gasteiger partial charge in [0.2, 0.25) is 0 Å². The number of aromatic nitrogens is 2. The lowest BCUT2D eigenvalue weighted by Gasteiger charge is -2.09. The number of ether oxygens (including phenoxy) is 1. The first-order valence-electron chi connectivity index (χ1n) is 5.73. The molecule has 4 heteroatoms. The fourth-order valence-corrected chi connectivity index (χ4v) is 1.62. The van der Waals surface area contributed by atoms with Gasteiger partial charge >= 0.3 is 0 Å². The van der Waals surface area contributed by atoms with Gasteiger partial charge in [0.05, 0.1) is 6.54 Å². The van der Waals surface area contributed by atoms with E-state index in [1.54, 1.807) is 12.4 Å². The lowest BCUT2D eigenvalue weighted by molar-refractivity contribution is 0.364. The minimum atomic E-state index is 0.287. The van der Waals surface area contributed by atoms with Gasteiger partial charge in [-0.15, -0.1) is 6.42 Å². The molecule has 0 saturated heterocycles. The highest BCUT2D eigenvalue weighted by atomic mass is 16.5. The predicted molar refractivity (Wildman–Crippen MR) is 69.9 cm³/mol. The third-order valence-electron chi connectivity index (χ3n) is 2.45. The van der Waals surface area contributed by atoms with Gasteiger partial charge in [-0.25, -0.2) is 4.98 Å². The summed E-state index contributed by atoms with van der Waals surface area (Å²) in [5, 5.41) is 3.30. The highest BCUT2D eigenvalue weighted by Gasteiger charge is 2.02. The van der Waals surface area contributed by atoms with Gasteiger partial charge in [-0.1, -0.05) is 24.1 Å². The second kappa shape index (κ2) is 6.48. The van der Waals surface area contributed by atoms with Crippen LogP contribution in [0.1, 0.15) is 11.4 Å². The van der Waals surface area contributed by atoms with Gasteiger partial charge in [0.25, 0.3) is 0 Å². The zero-order valence-corrected chi connectivity index (χ0v) is 10.0. The van der Waals surface area contributed by atoms with E-state index in [4.69, 9.17) is 11.2 Å². The van der Waals surface area contributed by atoms with E-state index in [9.17, 15) is 0 Å². The number of nitrogens with one attached hydrogen (secondary N) is 2. The van der Waals surface area contributed by atoms with Crippen molar-refractivity contribution >= 4 is 0 Å². The Balaban J connectivity index is 1.90. The van der Waals surface area contributed by atoms with E-state index in [1.807, 2.05) is 24.3 Å². The zero-order chi connectivity index (χ0) is 12.6. The lowest BCUT2D eigenvalue weighted by atomic mass is 10.2. The Bertz CT molecular complexity index is 514. The maximum absolute atomic E-state index is 5.47. The molecule has 2 rings (SSSR count). The number of aromatic amines is 1. The molecule has 92 valence electrons. The Morgan fingerprint density at radius 3 is 3.00 bits per heavy atom. The van der Waals surface area contributed by atoms with Crippen molar-refractivity contribution in [3.8, 4) is 18.1 Å². The van der Waals surface area contributed by atoms with Gasteiger partial charge in [-0.2, -0.15) is 0 Å². The Morgan fingerprint density at radius 1 is 1.33 bits per heavy atom. The van der Waals surface area contributed by atoms with Crippen molar-refractivity contribution < 1.29 is 4.74 Å². The minimum Gasteiger partial charge on any atom is -0.481 e. The third kappa shape index (κ3) is 3.37. The minimum absolute atomic E-state index is 0.287. The van der Waals surface area contributed by atoms with Gasteiger partial charge in [0.1, 0.15) is 18.2 Å². The molecule has 2 N–H and O–H groups in total. The molecular formula is C14H15N3O. The molecular weight excluding hydrogens is 226 g/mol. The van der Waals surface area contributed by atoms with Crippen LogP contribution in [0.25, 0.3) is 0 Å². The summed E-state index contributed by atoms with van der Waals surface area (Å²) in [6.07, 6.45) is 8.73. The van der Waals surface area contributed by atoms with Crippen molar-refractivity contribution in [1.29, 1.82) is 0 Å². The standard InChI is InChI=1S/C14H15N3O/c1-2-9-18-13-6-4-3-5-12(13)10-15-11-14-16-7-8-17-14/h1,3-8,15H,9-11H2,(H,16,17). The topological polar surface area (TPSA) is 49.9 Å². The van der Waals surface area contributed by atoms with Crippen molar-refractivity contribution in [3.63, 3.8) is 0 Å². The zero-order valence-electron chi connectivity index (χ0n) is 10.0. The van der Waals surface area contributed by atoms with Crippen molar-refractivity contribution in [3.05, 3.63) is 48.0 Å². The molecule has 1 aromatic carbocycles. The van der Waals surface area contributed by atoms with Crippen LogP contribution in [0.3, 0.4) is 0 Å². The van der Waals surface area contributed by atoms with E-state index < -0.39 is 0 Å². The number of nitrogens with zero attached hydrogens (tertiary/aromatic N) is 1. The fourth-order valence-electron chi connectivity index (χ4n) is 1.62. The van der Waals surface area contributed by atoms with E-state index >= 15 is 0 Å². The Kier molecular flexibility index (Phi) is 4.39. The largest absolute Gasteiger partial charge is 0.481 e. The number of terminal acetylenes is 1. The number of hydrogen-bond acceptors (Lipinski definition) is 3. The van der Waals surface area contributed by atoms with Crippen LogP contribution in [0.4, 0.5) is 0 Å². The first-order chi connectivity index (χ1) is 8.90. The molecule has 4 nitrogen and oxygen atoms in total. The van der Waals surface area contributed by atoms with E-state index in [1.165, 1.54) is 0 Å². The van der Waals surface area contributed by atoms with Gasteiger partial charge in [0.15, 0.2) is 0 Å². The van der Waals surface area contributed by atoms with E-state index in [0.29, 0.717) is 13.1 Å². The predicted octanol–water partition coefficient (Wildman–Crippen LogP) is 1.71. The fraction of sp³-hybridized carbons (Fsp3) is 0.214.